The number of halogens is 2. The first-order valence-electron chi connectivity index (χ1n) is 8.24. The molecule has 4 nitrogen and oxygen atoms in total. The van der Waals surface area contributed by atoms with E-state index < -0.39 is 11.6 Å². The number of carbonyl (C=O) groups excluding carboxylic acids is 1. The Morgan fingerprint density at radius 2 is 2.00 bits per heavy atom. The van der Waals surface area contributed by atoms with Gasteiger partial charge >= 0.3 is 0 Å². The van der Waals surface area contributed by atoms with E-state index in [4.69, 9.17) is 4.52 Å². The number of aromatic nitrogens is 1. The van der Waals surface area contributed by atoms with Gasteiger partial charge in [0.25, 0.3) is 0 Å². The largest absolute Gasteiger partial charge is 0.364 e. The van der Waals surface area contributed by atoms with E-state index in [1.807, 2.05) is 31.2 Å². The standard InChI is InChI=1S/C20H18F2N2O2/c1-13-3-2-4-14(9-13)20-16(12-26-24-20)6-8-19(25)23-11-15-5-7-17(21)10-18(15)22/h2-5,7,9-10,12H,6,8,11H2,1H3,(H,23,25). The topological polar surface area (TPSA) is 55.1 Å². The van der Waals surface area contributed by atoms with Crippen molar-refractivity contribution in [1.29, 1.82) is 0 Å². The smallest absolute Gasteiger partial charge is 0.220 e. The van der Waals surface area contributed by atoms with Gasteiger partial charge < -0.3 is 9.84 Å². The van der Waals surface area contributed by atoms with Gasteiger partial charge in [-0.05, 0) is 25.5 Å². The van der Waals surface area contributed by atoms with Crippen LogP contribution in [-0.4, -0.2) is 11.1 Å². The minimum Gasteiger partial charge on any atom is -0.364 e. The zero-order chi connectivity index (χ0) is 18.5. The number of amides is 1. The molecule has 0 bridgehead atoms. The summed E-state index contributed by atoms with van der Waals surface area (Å²) in [7, 11) is 0. The van der Waals surface area contributed by atoms with Crippen LogP contribution in [0.5, 0.6) is 0 Å². The molecule has 1 amide bonds. The van der Waals surface area contributed by atoms with Gasteiger partial charge in [-0.25, -0.2) is 8.78 Å². The fourth-order valence-electron chi connectivity index (χ4n) is 2.66. The van der Waals surface area contributed by atoms with Crippen LogP contribution in [0.15, 0.2) is 53.3 Å². The van der Waals surface area contributed by atoms with Gasteiger partial charge in [-0.1, -0.05) is 35.0 Å². The molecule has 1 N–H and O–H groups in total. The van der Waals surface area contributed by atoms with Crippen LogP contribution in [0.3, 0.4) is 0 Å². The van der Waals surface area contributed by atoms with Gasteiger partial charge in [-0.15, -0.1) is 0 Å². The lowest BCUT2D eigenvalue weighted by Gasteiger charge is -2.07. The quantitative estimate of drug-likeness (QED) is 0.721. The maximum atomic E-state index is 13.6. The fourth-order valence-corrected chi connectivity index (χ4v) is 2.66. The molecule has 0 saturated carbocycles. The highest BCUT2D eigenvalue weighted by atomic mass is 19.1. The van der Waals surface area contributed by atoms with Crippen LogP contribution < -0.4 is 5.32 Å². The molecule has 6 heteroatoms. The predicted molar refractivity (Wildman–Crippen MR) is 93.2 cm³/mol. The highest BCUT2D eigenvalue weighted by Crippen LogP contribution is 2.24. The van der Waals surface area contributed by atoms with Crippen molar-refractivity contribution >= 4 is 5.91 Å². The lowest BCUT2D eigenvalue weighted by Crippen LogP contribution is -2.23. The SMILES string of the molecule is Cc1cccc(-c2nocc2CCC(=O)NCc2ccc(F)cc2F)c1. The Kier molecular flexibility index (Phi) is 5.41. The highest BCUT2D eigenvalue weighted by molar-refractivity contribution is 5.76. The minimum atomic E-state index is -0.675. The van der Waals surface area contributed by atoms with Gasteiger partial charge in [0.2, 0.25) is 5.91 Å². The van der Waals surface area contributed by atoms with E-state index in [0.29, 0.717) is 12.1 Å². The Labute approximate surface area is 149 Å². The summed E-state index contributed by atoms with van der Waals surface area (Å²) in [4.78, 5) is 12.0. The molecule has 0 radical (unpaired) electrons. The monoisotopic (exact) mass is 356 g/mol. The van der Waals surface area contributed by atoms with Gasteiger partial charge in [0.15, 0.2) is 0 Å². The number of carbonyl (C=O) groups is 1. The molecule has 0 atom stereocenters. The molecule has 1 heterocycles. The van der Waals surface area contributed by atoms with E-state index >= 15 is 0 Å². The number of nitrogens with one attached hydrogen (secondary N) is 1. The minimum absolute atomic E-state index is 0.0132. The second-order valence-corrected chi connectivity index (χ2v) is 6.07. The first kappa shape index (κ1) is 17.8. The normalized spacial score (nSPS) is 10.7. The van der Waals surface area contributed by atoms with E-state index in [1.54, 1.807) is 0 Å². The Bertz CT molecular complexity index is 922. The molecule has 1 aromatic heterocycles. The second-order valence-electron chi connectivity index (χ2n) is 6.07. The lowest BCUT2D eigenvalue weighted by molar-refractivity contribution is -0.121. The van der Waals surface area contributed by atoms with Crippen molar-refractivity contribution in [3.05, 3.63) is 77.1 Å². The second kappa shape index (κ2) is 7.91. The van der Waals surface area contributed by atoms with Gasteiger partial charge in [0, 0.05) is 35.7 Å². The molecule has 0 aliphatic rings. The third-order valence-electron chi connectivity index (χ3n) is 4.05. The van der Waals surface area contributed by atoms with Crippen molar-refractivity contribution < 1.29 is 18.1 Å². The van der Waals surface area contributed by atoms with E-state index in [1.165, 1.54) is 12.3 Å². The summed E-state index contributed by atoms with van der Waals surface area (Å²) in [6, 6.07) is 11.1. The van der Waals surface area contributed by atoms with Crippen molar-refractivity contribution in [3.8, 4) is 11.3 Å². The van der Waals surface area contributed by atoms with Crippen molar-refractivity contribution in [1.82, 2.24) is 10.5 Å². The summed E-state index contributed by atoms with van der Waals surface area (Å²) in [6.07, 6.45) is 2.19. The molecule has 3 rings (SSSR count). The molecule has 3 aromatic rings. The highest BCUT2D eigenvalue weighted by Gasteiger charge is 2.13. The summed E-state index contributed by atoms with van der Waals surface area (Å²) in [5, 5.41) is 6.66. The Balaban J connectivity index is 1.58. The Hall–Kier alpha value is -3.02. The molecule has 0 unspecified atom stereocenters. The summed E-state index contributed by atoms with van der Waals surface area (Å²) in [6.45, 7) is 2.00. The average Bonchev–Trinajstić information content (AvgIpc) is 3.08. The van der Waals surface area contributed by atoms with Gasteiger partial charge in [0.05, 0.1) is 0 Å². The summed E-state index contributed by atoms with van der Waals surface area (Å²) in [5.41, 5.74) is 3.83. The first-order valence-corrected chi connectivity index (χ1v) is 8.24. The van der Waals surface area contributed by atoms with E-state index in [2.05, 4.69) is 10.5 Å². The number of rotatable bonds is 6. The third kappa shape index (κ3) is 4.33. The molecule has 0 spiro atoms. The summed E-state index contributed by atoms with van der Waals surface area (Å²) in [5.74, 6) is -1.55. The molecule has 26 heavy (non-hydrogen) atoms. The zero-order valence-corrected chi connectivity index (χ0v) is 14.3. The van der Waals surface area contributed by atoms with Crippen LogP contribution in [0, 0.1) is 18.6 Å². The van der Waals surface area contributed by atoms with E-state index in [-0.39, 0.29) is 24.4 Å². The van der Waals surface area contributed by atoms with Crippen molar-refractivity contribution in [3.63, 3.8) is 0 Å². The number of hydrogen-bond donors (Lipinski definition) is 1. The van der Waals surface area contributed by atoms with Gasteiger partial charge in [-0.3, -0.25) is 4.79 Å². The number of aryl methyl sites for hydroxylation is 2. The molecular formula is C20H18F2N2O2. The third-order valence-corrected chi connectivity index (χ3v) is 4.05. The zero-order valence-electron chi connectivity index (χ0n) is 14.3. The maximum Gasteiger partial charge on any atom is 0.220 e. The van der Waals surface area contributed by atoms with Crippen LogP contribution in [0.1, 0.15) is 23.1 Å². The van der Waals surface area contributed by atoms with Crippen LogP contribution in [0.2, 0.25) is 0 Å². The van der Waals surface area contributed by atoms with Crippen molar-refractivity contribution in [2.45, 2.75) is 26.3 Å². The van der Waals surface area contributed by atoms with Crippen LogP contribution in [0.4, 0.5) is 8.78 Å². The van der Waals surface area contributed by atoms with Crippen molar-refractivity contribution in [2.24, 2.45) is 0 Å². The van der Waals surface area contributed by atoms with Gasteiger partial charge in [-0.2, -0.15) is 0 Å². The molecule has 2 aromatic carbocycles. The van der Waals surface area contributed by atoms with Gasteiger partial charge in [0.1, 0.15) is 23.6 Å². The van der Waals surface area contributed by atoms with Crippen LogP contribution in [0.25, 0.3) is 11.3 Å². The lowest BCUT2D eigenvalue weighted by atomic mass is 10.0. The number of nitrogens with zero attached hydrogens (tertiary/aromatic N) is 1. The molecule has 134 valence electrons. The van der Waals surface area contributed by atoms with Crippen molar-refractivity contribution in [2.75, 3.05) is 0 Å². The molecule has 0 aliphatic carbocycles. The number of hydrogen-bond acceptors (Lipinski definition) is 3. The fraction of sp³-hybridized carbons (Fsp3) is 0.200. The van der Waals surface area contributed by atoms with E-state index in [0.717, 1.165) is 28.8 Å². The molecule has 0 aliphatic heterocycles. The van der Waals surface area contributed by atoms with Crippen LogP contribution in [-0.2, 0) is 17.8 Å². The maximum absolute atomic E-state index is 13.6. The first-order chi connectivity index (χ1) is 12.5. The molecular weight excluding hydrogens is 338 g/mol. The average molecular weight is 356 g/mol. The Morgan fingerprint density at radius 3 is 2.77 bits per heavy atom. The Morgan fingerprint density at radius 1 is 1.15 bits per heavy atom. The molecule has 0 saturated heterocycles. The van der Waals surface area contributed by atoms with Crippen LogP contribution >= 0.6 is 0 Å². The summed E-state index contributed by atoms with van der Waals surface area (Å²) >= 11 is 0. The predicted octanol–water partition coefficient (Wildman–Crippen LogP) is 4.18. The van der Waals surface area contributed by atoms with E-state index in [9.17, 15) is 13.6 Å². The summed E-state index contributed by atoms with van der Waals surface area (Å²) < 4.78 is 31.5. The number of benzene rings is 2. The molecule has 0 fully saturated rings.